The third-order valence-corrected chi connectivity index (χ3v) is 7.44. The number of hydrogen-bond donors (Lipinski definition) is 1. The lowest BCUT2D eigenvalue weighted by Gasteiger charge is -2.32. The Morgan fingerprint density at radius 2 is 1.40 bits per heavy atom. The van der Waals surface area contributed by atoms with E-state index in [1.807, 2.05) is 37.3 Å². The second kappa shape index (κ2) is 12.2. The second-order valence-electron chi connectivity index (χ2n) is 8.05. The largest absolute Gasteiger partial charge is 0.355 e. The fourth-order valence-corrected chi connectivity index (χ4v) is 5.17. The van der Waals surface area contributed by atoms with Gasteiger partial charge in [-0.2, -0.15) is 0 Å². The van der Waals surface area contributed by atoms with Gasteiger partial charge in [-0.25, -0.2) is 8.42 Å². The molecule has 8 heteroatoms. The van der Waals surface area contributed by atoms with Crippen LogP contribution in [0.1, 0.15) is 19.4 Å². The molecule has 0 aromatic heterocycles. The molecule has 184 valence electrons. The number of likely N-dealkylation sites (N-methyl/N-ethyl adjacent to an activating group) is 1. The average molecular weight is 494 g/mol. The summed E-state index contributed by atoms with van der Waals surface area (Å²) < 4.78 is 28.2. The molecule has 0 aliphatic heterocycles. The normalized spacial score (nSPS) is 11.9. The number of rotatable bonds is 11. The van der Waals surface area contributed by atoms with Crippen LogP contribution < -0.4 is 9.62 Å². The van der Waals surface area contributed by atoms with E-state index in [4.69, 9.17) is 0 Å². The molecule has 3 aromatic carbocycles. The number of carbonyl (C=O) groups excluding carboxylic acids is 2. The van der Waals surface area contributed by atoms with Crippen molar-refractivity contribution < 1.29 is 18.0 Å². The standard InChI is InChI=1S/C27H31N3O4S/c1-3-28-27(32)22(2)29(20-19-23-13-7-4-8-14-23)26(31)21-30(24-15-9-5-10-16-24)35(33,34)25-17-11-6-12-18-25/h4-18,22H,3,19-21H2,1-2H3,(H,28,32). The number of amides is 2. The zero-order chi connectivity index (χ0) is 25.3. The van der Waals surface area contributed by atoms with Gasteiger partial charge < -0.3 is 10.2 Å². The molecule has 3 aromatic rings. The van der Waals surface area contributed by atoms with E-state index < -0.39 is 28.5 Å². The first kappa shape index (κ1) is 26.0. The molecular weight excluding hydrogens is 462 g/mol. The molecule has 0 saturated heterocycles. The Morgan fingerprint density at radius 3 is 1.97 bits per heavy atom. The van der Waals surface area contributed by atoms with Crippen molar-refractivity contribution in [3.63, 3.8) is 0 Å². The minimum absolute atomic E-state index is 0.0873. The maximum absolute atomic E-state index is 13.6. The topological polar surface area (TPSA) is 86.8 Å². The van der Waals surface area contributed by atoms with Crippen LogP contribution in [0.2, 0.25) is 0 Å². The summed E-state index contributed by atoms with van der Waals surface area (Å²) in [5.41, 5.74) is 1.39. The first-order valence-electron chi connectivity index (χ1n) is 11.6. The van der Waals surface area contributed by atoms with Gasteiger partial charge in [-0.05, 0) is 50.1 Å². The zero-order valence-corrected chi connectivity index (χ0v) is 20.8. The van der Waals surface area contributed by atoms with Crippen molar-refractivity contribution in [1.82, 2.24) is 10.2 Å². The minimum Gasteiger partial charge on any atom is -0.355 e. The molecule has 35 heavy (non-hydrogen) atoms. The molecule has 3 rings (SSSR count). The smallest absolute Gasteiger partial charge is 0.264 e. The van der Waals surface area contributed by atoms with Crippen LogP contribution >= 0.6 is 0 Å². The highest BCUT2D eigenvalue weighted by Gasteiger charge is 2.32. The Kier molecular flexibility index (Phi) is 9.03. The molecule has 0 heterocycles. The van der Waals surface area contributed by atoms with Crippen molar-refractivity contribution >= 4 is 27.5 Å². The van der Waals surface area contributed by atoms with Crippen molar-refractivity contribution in [2.75, 3.05) is 23.9 Å². The van der Waals surface area contributed by atoms with Gasteiger partial charge in [-0.1, -0.05) is 66.7 Å². The van der Waals surface area contributed by atoms with Crippen LogP contribution in [0.25, 0.3) is 0 Å². The van der Waals surface area contributed by atoms with E-state index in [0.29, 0.717) is 18.7 Å². The van der Waals surface area contributed by atoms with E-state index in [2.05, 4.69) is 5.32 Å². The van der Waals surface area contributed by atoms with Crippen LogP contribution in [0, 0.1) is 0 Å². The summed E-state index contributed by atoms with van der Waals surface area (Å²) in [6.45, 7) is 3.74. The highest BCUT2D eigenvalue weighted by molar-refractivity contribution is 7.92. The number of hydrogen-bond acceptors (Lipinski definition) is 4. The third kappa shape index (κ3) is 6.70. The highest BCUT2D eigenvalue weighted by Crippen LogP contribution is 2.24. The number of sulfonamides is 1. The summed E-state index contributed by atoms with van der Waals surface area (Å²) in [6, 6.07) is 25.4. The van der Waals surface area contributed by atoms with Crippen LogP contribution in [0.15, 0.2) is 95.9 Å². The van der Waals surface area contributed by atoms with Crippen molar-refractivity contribution in [1.29, 1.82) is 0 Å². The van der Waals surface area contributed by atoms with E-state index in [1.165, 1.54) is 17.0 Å². The van der Waals surface area contributed by atoms with Gasteiger partial charge in [-0.3, -0.25) is 13.9 Å². The maximum atomic E-state index is 13.6. The maximum Gasteiger partial charge on any atom is 0.264 e. The predicted molar refractivity (Wildman–Crippen MR) is 137 cm³/mol. The number of nitrogens with one attached hydrogen (secondary N) is 1. The fourth-order valence-electron chi connectivity index (χ4n) is 3.73. The molecule has 0 saturated carbocycles. The Hall–Kier alpha value is -3.65. The van der Waals surface area contributed by atoms with Crippen molar-refractivity contribution in [2.24, 2.45) is 0 Å². The number of benzene rings is 3. The first-order valence-corrected chi connectivity index (χ1v) is 13.0. The first-order chi connectivity index (χ1) is 16.8. The molecular formula is C27H31N3O4S. The summed E-state index contributed by atoms with van der Waals surface area (Å²) in [7, 11) is -4.02. The van der Waals surface area contributed by atoms with Gasteiger partial charge in [0.25, 0.3) is 10.0 Å². The van der Waals surface area contributed by atoms with Crippen molar-refractivity contribution in [3.8, 4) is 0 Å². The molecule has 1 N–H and O–H groups in total. The summed E-state index contributed by atoms with van der Waals surface area (Å²) >= 11 is 0. The lowest BCUT2D eigenvalue weighted by atomic mass is 10.1. The minimum atomic E-state index is -4.02. The molecule has 0 spiro atoms. The molecule has 0 bridgehead atoms. The van der Waals surface area contributed by atoms with E-state index in [9.17, 15) is 18.0 Å². The molecule has 2 amide bonds. The average Bonchev–Trinajstić information content (AvgIpc) is 2.89. The summed E-state index contributed by atoms with van der Waals surface area (Å²) in [4.78, 5) is 27.8. The van der Waals surface area contributed by atoms with Crippen LogP contribution in [0.5, 0.6) is 0 Å². The summed E-state index contributed by atoms with van der Waals surface area (Å²) in [5.74, 6) is -0.742. The second-order valence-corrected chi connectivity index (χ2v) is 9.92. The van der Waals surface area contributed by atoms with Gasteiger partial charge in [0.15, 0.2) is 0 Å². The molecule has 1 atom stereocenters. The molecule has 0 radical (unpaired) electrons. The Morgan fingerprint density at radius 1 is 0.857 bits per heavy atom. The van der Waals surface area contributed by atoms with E-state index >= 15 is 0 Å². The Labute approximate surface area is 207 Å². The van der Waals surface area contributed by atoms with Crippen LogP contribution in [0.4, 0.5) is 5.69 Å². The van der Waals surface area contributed by atoms with Gasteiger partial charge in [-0.15, -0.1) is 0 Å². The van der Waals surface area contributed by atoms with Crippen LogP contribution in [-0.2, 0) is 26.0 Å². The summed E-state index contributed by atoms with van der Waals surface area (Å²) in [6.07, 6.45) is 0.535. The van der Waals surface area contributed by atoms with Gasteiger partial charge in [0.2, 0.25) is 11.8 Å². The number of anilines is 1. The predicted octanol–water partition coefficient (Wildman–Crippen LogP) is 3.48. The number of carbonyl (C=O) groups is 2. The molecule has 7 nitrogen and oxygen atoms in total. The van der Waals surface area contributed by atoms with E-state index in [0.717, 1.165) is 9.87 Å². The molecule has 0 aliphatic carbocycles. The zero-order valence-electron chi connectivity index (χ0n) is 20.0. The van der Waals surface area contributed by atoms with Gasteiger partial charge in [0.05, 0.1) is 10.6 Å². The van der Waals surface area contributed by atoms with E-state index in [-0.39, 0.29) is 17.3 Å². The number of nitrogens with zero attached hydrogens (tertiary/aromatic N) is 2. The van der Waals surface area contributed by atoms with Crippen LogP contribution in [0.3, 0.4) is 0 Å². The van der Waals surface area contributed by atoms with Gasteiger partial charge in [0.1, 0.15) is 12.6 Å². The van der Waals surface area contributed by atoms with Gasteiger partial charge >= 0.3 is 0 Å². The Bertz CT molecular complexity index is 1200. The number of para-hydroxylation sites is 1. The van der Waals surface area contributed by atoms with E-state index in [1.54, 1.807) is 55.5 Å². The van der Waals surface area contributed by atoms with Crippen LogP contribution in [-0.4, -0.2) is 50.8 Å². The third-order valence-electron chi connectivity index (χ3n) is 5.66. The lowest BCUT2D eigenvalue weighted by molar-refractivity contribution is -0.138. The SMILES string of the molecule is CCNC(=O)C(C)N(CCc1ccccc1)C(=O)CN(c1ccccc1)S(=O)(=O)c1ccccc1. The van der Waals surface area contributed by atoms with Gasteiger partial charge in [0, 0.05) is 13.1 Å². The van der Waals surface area contributed by atoms with Crippen molar-refractivity contribution in [2.45, 2.75) is 31.2 Å². The molecule has 0 aliphatic rings. The lowest BCUT2D eigenvalue weighted by Crippen LogP contribution is -2.52. The van der Waals surface area contributed by atoms with Crippen molar-refractivity contribution in [3.05, 3.63) is 96.6 Å². The Balaban J connectivity index is 1.93. The quantitative estimate of drug-likeness (QED) is 0.443. The summed E-state index contributed by atoms with van der Waals surface area (Å²) in [5, 5.41) is 2.76. The molecule has 1 unspecified atom stereocenters. The molecule has 0 fully saturated rings. The highest BCUT2D eigenvalue weighted by atomic mass is 32.2. The fraction of sp³-hybridized carbons (Fsp3) is 0.259. The monoisotopic (exact) mass is 493 g/mol.